The van der Waals surface area contributed by atoms with E-state index in [1.165, 1.54) is 18.6 Å². The molecule has 19 heavy (non-hydrogen) atoms. The van der Waals surface area contributed by atoms with Gasteiger partial charge >= 0.3 is 0 Å². The van der Waals surface area contributed by atoms with E-state index in [0.29, 0.717) is 11.1 Å². The molecule has 5 heteroatoms. The number of hydrogen-bond donors (Lipinski definition) is 0. The van der Waals surface area contributed by atoms with Crippen molar-refractivity contribution in [2.24, 2.45) is 0 Å². The zero-order chi connectivity index (χ0) is 13.4. The molecule has 0 radical (unpaired) electrons. The highest BCUT2D eigenvalue weighted by Gasteiger charge is 2.24. The lowest BCUT2D eigenvalue weighted by molar-refractivity contribution is 0.493. The van der Waals surface area contributed by atoms with Gasteiger partial charge in [0, 0.05) is 11.8 Å². The summed E-state index contributed by atoms with van der Waals surface area (Å²) < 4.78 is 2.31. The van der Waals surface area contributed by atoms with Gasteiger partial charge in [0.05, 0.1) is 15.9 Å². The fraction of sp³-hybridized carbons (Fsp3) is 0.500. The van der Waals surface area contributed by atoms with Crippen LogP contribution in [0.3, 0.4) is 0 Å². The Morgan fingerprint density at radius 2 is 2.32 bits per heavy atom. The van der Waals surface area contributed by atoms with Crippen LogP contribution in [0.5, 0.6) is 0 Å². The summed E-state index contributed by atoms with van der Waals surface area (Å²) in [6.45, 7) is 1.98. The molecule has 2 heterocycles. The lowest BCUT2D eigenvalue weighted by atomic mass is 10.1. The molecule has 1 aliphatic rings. The molecule has 0 saturated carbocycles. The van der Waals surface area contributed by atoms with E-state index in [-0.39, 0.29) is 5.38 Å². The molecule has 0 N–H and O–H groups in total. The minimum Gasteiger partial charge on any atom is -0.323 e. The maximum absolute atomic E-state index is 6.32. The summed E-state index contributed by atoms with van der Waals surface area (Å²) in [4.78, 5) is 4.68. The van der Waals surface area contributed by atoms with Crippen molar-refractivity contribution in [1.82, 2.24) is 9.55 Å². The molecule has 1 aromatic heterocycles. The predicted molar refractivity (Wildman–Crippen MR) is 84.6 cm³/mol. The minimum atomic E-state index is -0.101. The van der Waals surface area contributed by atoms with E-state index in [1.807, 2.05) is 30.8 Å². The first-order valence-corrected chi connectivity index (χ1v) is 8.53. The van der Waals surface area contributed by atoms with Crippen LogP contribution in [0.2, 0.25) is 5.02 Å². The minimum absolute atomic E-state index is 0.101. The number of fused-ring (bicyclic) bond motifs is 1. The van der Waals surface area contributed by atoms with Gasteiger partial charge in [-0.25, -0.2) is 4.98 Å². The Morgan fingerprint density at radius 1 is 1.47 bits per heavy atom. The van der Waals surface area contributed by atoms with E-state index < -0.39 is 0 Å². The van der Waals surface area contributed by atoms with Crippen LogP contribution in [-0.4, -0.2) is 21.1 Å². The predicted octanol–water partition coefficient (Wildman–Crippen LogP) is 5.06. The molecule has 2 aromatic rings. The number of imidazole rings is 1. The van der Waals surface area contributed by atoms with Crippen molar-refractivity contribution in [2.45, 2.75) is 31.2 Å². The van der Waals surface area contributed by atoms with Crippen LogP contribution in [0, 0.1) is 0 Å². The largest absolute Gasteiger partial charge is 0.323 e. The number of thioether (sulfide) groups is 1. The van der Waals surface area contributed by atoms with Crippen molar-refractivity contribution >= 4 is 46.0 Å². The normalized spacial score (nSPS) is 21.7. The summed E-state index contributed by atoms with van der Waals surface area (Å²) in [5.74, 6) is 3.33. The maximum Gasteiger partial charge on any atom is 0.128 e. The van der Waals surface area contributed by atoms with Crippen molar-refractivity contribution in [3.63, 3.8) is 0 Å². The van der Waals surface area contributed by atoms with E-state index in [4.69, 9.17) is 23.2 Å². The Kier molecular flexibility index (Phi) is 3.97. The lowest BCUT2D eigenvalue weighted by Gasteiger charge is -2.25. The molecule has 1 fully saturated rings. The second kappa shape index (κ2) is 5.55. The molecule has 2 nitrogen and oxygen atoms in total. The Labute approximate surface area is 127 Å². The van der Waals surface area contributed by atoms with Crippen molar-refractivity contribution in [3.8, 4) is 0 Å². The van der Waals surface area contributed by atoms with Gasteiger partial charge in [-0.1, -0.05) is 17.7 Å². The summed E-state index contributed by atoms with van der Waals surface area (Å²) in [5.41, 5.74) is 1.99. The average molecular weight is 315 g/mol. The standard InChI is InChI=1S/C14H16Cl2N2S/c1-9(15)14-17-13-11(16)5-2-6-12(13)18(14)10-4-3-7-19-8-10/h2,5-6,9-10H,3-4,7-8H2,1H3. The third-order valence-corrected chi connectivity index (χ3v) is 5.25. The number of nitrogens with zero attached hydrogens (tertiary/aromatic N) is 2. The quantitative estimate of drug-likeness (QED) is 0.721. The number of para-hydroxylation sites is 1. The third kappa shape index (κ3) is 2.48. The number of alkyl halides is 1. The van der Waals surface area contributed by atoms with E-state index in [0.717, 1.165) is 22.6 Å². The van der Waals surface area contributed by atoms with Crippen molar-refractivity contribution in [2.75, 3.05) is 11.5 Å². The van der Waals surface area contributed by atoms with E-state index >= 15 is 0 Å². The van der Waals surface area contributed by atoms with Crippen LogP contribution in [0.1, 0.15) is 37.0 Å². The topological polar surface area (TPSA) is 17.8 Å². The Hall–Kier alpha value is -0.380. The fourth-order valence-electron chi connectivity index (χ4n) is 2.69. The second-order valence-electron chi connectivity index (χ2n) is 4.93. The zero-order valence-corrected chi connectivity index (χ0v) is 13.1. The number of aromatic nitrogens is 2. The van der Waals surface area contributed by atoms with Crippen LogP contribution in [0.25, 0.3) is 11.0 Å². The zero-order valence-electron chi connectivity index (χ0n) is 10.8. The number of hydrogen-bond acceptors (Lipinski definition) is 2. The summed E-state index contributed by atoms with van der Waals surface area (Å²) in [7, 11) is 0. The molecule has 2 unspecified atom stereocenters. The van der Waals surface area contributed by atoms with Gasteiger partial charge in [0.1, 0.15) is 11.3 Å². The van der Waals surface area contributed by atoms with Crippen molar-refractivity contribution < 1.29 is 0 Å². The van der Waals surface area contributed by atoms with Crippen LogP contribution >= 0.6 is 35.0 Å². The SMILES string of the molecule is CC(Cl)c1nc2c(Cl)cccc2n1C1CCCSC1. The first kappa shape index (κ1) is 13.6. The molecular formula is C14H16Cl2N2S. The fourth-order valence-corrected chi connectivity index (χ4v) is 4.18. The van der Waals surface area contributed by atoms with Gasteiger partial charge in [-0.15, -0.1) is 11.6 Å². The van der Waals surface area contributed by atoms with Gasteiger partial charge in [-0.2, -0.15) is 11.8 Å². The van der Waals surface area contributed by atoms with E-state index in [1.54, 1.807) is 0 Å². The summed E-state index contributed by atoms with van der Waals surface area (Å²) in [5, 5.41) is 0.605. The monoisotopic (exact) mass is 314 g/mol. The van der Waals surface area contributed by atoms with Crippen LogP contribution in [0.15, 0.2) is 18.2 Å². The molecule has 2 atom stereocenters. The smallest absolute Gasteiger partial charge is 0.128 e. The summed E-state index contributed by atoms with van der Waals surface area (Å²) >= 11 is 14.6. The Bertz CT molecular complexity index is 588. The number of benzene rings is 1. The number of halogens is 2. The Balaban J connectivity index is 2.18. The molecule has 102 valence electrons. The van der Waals surface area contributed by atoms with E-state index in [9.17, 15) is 0 Å². The van der Waals surface area contributed by atoms with Gasteiger partial charge in [-0.3, -0.25) is 0 Å². The molecule has 0 bridgehead atoms. The summed E-state index contributed by atoms with van der Waals surface area (Å²) in [6, 6.07) is 6.45. The van der Waals surface area contributed by atoms with Crippen LogP contribution in [0.4, 0.5) is 0 Å². The van der Waals surface area contributed by atoms with Gasteiger partial charge in [0.25, 0.3) is 0 Å². The molecule has 3 rings (SSSR count). The molecular weight excluding hydrogens is 299 g/mol. The van der Waals surface area contributed by atoms with Crippen molar-refractivity contribution in [1.29, 1.82) is 0 Å². The van der Waals surface area contributed by atoms with Gasteiger partial charge < -0.3 is 4.57 Å². The second-order valence-corrected chi connectivity index (χ2v) is 7.15. The molecule has 0 amide bonds. The highest BCUT2D eigenvalue weighted by molar-refractivity contribution is 7.99. The van der Waals surface area contributed by atoms with Crippen LogP contribution in [-0.2, 0) is 0 Å². The summed E-state index contributed by atoms with van der Waals surface area (Å²) in [6.07, 6.45) is 2.45. The van der Waals surface area contributed by atoms with Crippen molar-refractivity contribution in [3.05, 3.63) is 29.0 Å². The van der Waals surface area contributed by atoms with Gasteiger partial charge in [0.2, 0.25) is 0 Å². The third-order valence-electron chi connectivity index (χ3n) is 3.56. The maximum atomic E-state index is 6.32. The average Bonchev–Trinajstić information content (AvgIpc) is 2.81. The molecule has 0 aliphatic carbocycles. The van der Waals surface area contributed by atoms with E-state index in [2.05, 4.69) is 15.6 Å². The molecule has 1 saturated heterocycles. The van der Waals surface area contributed by atoms with Crippen LogP contribution < -0.4 is 0 Å². The first-order chi connectivity index (χ1) is 9.18. The highest BCUT2D eigenvalue weighted by Crippen LogP contribution is 2.36. The molecule has 0 spiro atoms. The number of rotatable bonds is 2. The van der Waals surface area contributed by atoms with Gasteiger partial charge in [0.15, 0.2) is 0 Å². The molecule has 1 aliphatic heterocycles. The van der Waals surface area contributed by atoms with Gasteiger partial charge in [-0.05, 0) is 37.7 Å². The first-order valence-electron chi connectivity index (χ1n) is 6.56. The Morgan fingerprint density at radius 3 is 3.00 bits per heavy atom. The molecule has 1 aromatic carbocycles. The lowest BCUT2D eigenvalue weighted by Crippen LogP contribution is -2.18. The highest BCUT2D eigenvalue weighted by atomic mass is 35.5.